The second-order valence-corrected chi connectivity index (χ2v) is 4.11. The standard InChI is InChI=1S/C13H22N2/c1-2-8-13(10-5-7-12-15)9-4-3-6-11-14/h13H,2-10H2,1H3. The summed E-state index contributed by atoms with van der Waals surface area (Å²) in [4.78, 5) is 0. The number of hydrogen-bond acceptors (Lipinski definition) is 2. The van der Waals surface area contributed by atoms with Gasteiger partial charge in [-0.25, -0.2) is 0 Å². The molecule has 0 aromatic heterocycles. The number of hydrogen-bond donors (Lipinski definition) is 0. The zero-order chi connectivity index (χ0) is 11.4. The quantitative estimate of drug-likeness (QED) is 0.531. The van der Waals surface area contributed by atoms with Crippen molar-refractivity contribution < 1.29 is 0 Å². The molecule has 0 aromatic rings. The van der Waals surface area contributed by atoms with E-state index >= 15 is 0 Å². The predicted octanol–water partition coefficient (Wildman–Crippen LogP) is 4.18. The fourth-order valence-corrected chi connectivity index (χ4v) is 1.95. The van der Waals surface area contributed by atoms with Crippen molar-refractivity contribution >= 4 is 0 Å². The first kappa shape index (κ1) is 14.0. The molecular formula is C13H22N2. The van der Waals surface area contributed by atoms with E-state index in [0.717, 1.165) is 18.8 Å². The average Bonchev–Trinajstić information content (AvgIpc) is 2.24. The molecule has 0 fully saturated rings. The Morgan fingerprint density at radius 2 is 1.47 bits per heavy atom. The lowest BCUT2D eigenvalue weighted by molar-refractivity contribution is 0.391. The summed E-state index contributed by atoms with van der Waals surface area (Å²) in [5, 5.41) is 16.9. The van der Waals surface area contributed by atoms with E-state index in [1.54, 1.807) is 0 Å². The zero-order valence-corrected chi connectivity index (χ0v) is 9.84. The molecule has 0 aliphatic heterocycles. The van der Waals surface area contributed by atoms with Crippen LogP contribution in [0.5, 0.6) is 0 Å². The SMILES string of the molecule is CCCC(CCCC#N)CCCCC#N. The highest BCUT2D eigenvalue weighted by Crippen LogP contribution is 2.21. The molecule has 0 aromatic carbocycles. The van der Waals surface area contributed by atoms with Gasteiger partial charge in [0.25, 0.3) is 0 Å². The molecule has 84 valence electrons. The molecule has 0 saturated carbocycles. The minimum absolute atomic E-state index is 0.692. The van der Waals surface area contributed by atoms with Gasteiger partial charge in [-0.3, -0.25) is 0 Å². The monoisotopic (exact) mass is 206 g/mol. The lowest BCUT2D eigenvalue weighted by atomic mass is 9.91. The number of nitriles is 2. The molecule has 0 rings (SSSR count). The van der Waals surface area contributed by atoms with Crippen molar-refractivity contribution in [2.75, 3.05) is 0 Å². The fraction of sp³-hybridized carbons (Fsp3) is 0.846. The van der Waals surface area contributed by atoms with E-state index in [4.69, 9.17) is 10.5 Å². The Morgan fingerprint density at radius 3 is 2.07 bits per heavy atom. The lowest BCUT2D eigenvalue weighted by Crippen LogP contribution is -2.00. The van der Waals surface area contributed by atoms with E-state index in [1.165, 1.54) is 32.1 Å². The van der Waals surface area contributed by atoms with Gasteiger partial charge in [0.05, 0.1) is 12.1 Å². The van der Waals surface area contributed by atoms with Crippen LogP contribution in [0.25, 0.3) is 0 Å². The van der Waals surface area contributed by atoms with Crippen LogP contribution < -0.4 is 0 Å². The molecular weight excluding hydrogens is 184 g/mol. The third-order valence-corrected chi connectivity index (χ3v) is 2.75. The van der Waals surface area contributed by atoms with Gasteiger partial charge in [0.1, 0.15) is 0 Å². The van der Waals surface area contributed by atoms with Gasteiger partial charge in [-0.05, 0) is 25.2 Å². The normalized spacial score (nSPS) is 11.7. The first-order valence-electron chi connectivity index (χ1n) is 6.09. The van der Waals surface area contributed by atoms with Crippen LogP contribution in [0.15, 0.2) is 0 Å². The van der Waals surface area contributed by atoms with Crippen molar-refractivity contribution in [1.82, 2.24) is 0 Å². The van der Waals surface area contributed by atoms with Gasteiger partial charge in [-0.2, -0.15) is 10.5 Å². The van der Waals surface area contributed by atoms with Gasteiger partial charge in [0.15, 0.2) is 0 Å². The molecule has 0 saturated heterocycles. The lowest BCUT2D eigenvalue weighted by Gasteiger charge is -2.14. The van der Waals surface area contributed by atoms with Crippen molar-refractivity contribution in [2.24, 2.45) is 5.92 Å². The highest BCUT2D eigenvalue weighted by molar-refractivity contribution is 4.71. The molecule has 1 unspecified atom stereocenters. The zero-order valence-electron chi connectivity index (χ0n) is 9.84. The summed E-state index contributed by atoms with van der Waals surface area (Å²) in [6.45, 7) is 2.21. The largest absolute Gasteiger partial charge is 0.198 e. The van der Waals surface area contributed by atoms with E-state index in [2.05, 4.69) is 19.1 Å². The smallest absolute Gasteiger partial charge is 0.0621 e. The third kappa shape index (κ3) is 9.29. The number of unbranched alkanes of at least 4 members (excludes halogenated alkanes) is 3. The molecule has 0 spiro atoms. The summed E-state index contributed by atoms with van der Waals surface area (Å²) in [5.74, 6) is 0.780. The van der Waals surface area contributed by atoms with Crippen LogP contribution in [0, 0.1) is 28.6 Å². The van der Waals surface area contributed by atoms with Gasteiger partial charge < -0.3 is 0 Å². The Balaban J connectivity index is 3.55. The second-order valence-electron chi connectivity index (χ2n) is 4.11. The maximum Gasteiger partial charge on any atom is 0.0621 e. The Kier molecular flexibility index (Phi) is 10.3. The fourth-order valence-electron chi connectivity index (χ4n) is 1.95. The van der Waals surface area contributed by atoms with Crippen molar-refractivity contribution in [1.29, 1.82) is 10.5 Å². The van der Waals surface area contributed by atoms with E-state index in [9.17, 15) is 0 Å². The van der Waals surface area contributed by atoms with Crippen LogP contribution in [0.1, 0.15) is 64.7 Å². The molecule has 0 amide bonds. The Hall–Kier alpha value is -1.02. The van der Waals surface area contributed by atoms with Crippen LogP contribution >= 0.6 is 0 Å². The van der Waals surface area contributed by atoms with E-state index in [-0.39, 0.29) is 0 Å². The number of nitrogens with zero attached hydrogens (tertiary/aromatic N) is 2. The molecule has 0 bridgehead atoms. The first-order chi connectivity index (χ1) is 7.35. The molecule has 15 heavy (non-hydrogen) atoms. The number of rotatable bonds is 9. The van der Waals surface area contributed by atoms with Crippen LogP contribution in [0.4, 0.5) is 0 Å². The van der Waals surface area contributed by atoms with E-state index in [1.807, 2.05) is 0 Å². The van der Waals surface area contributed by atoms with Gasteiger partial charge in [-0.15, -0.1) is 0 Å². The Bertz CT molecular complexity index is 210. The summed E-state index contributed by atoms with van der Waals surface area (Å²) in [5.41, 5.74) is 0. The van der Waals surface area contributed by atoms with Crippen LogP contribution in [-0.2, 0) is 0 Å². The van der Waals surface area contributed by atoms with E-state index in [0.29, 0.717) is 12.8 Å². The van der Waals surface area contributed by atoms with E-state index < -0.39 is 0 Å². The maximum absolute atomic E-state index is 8.47. The molecule has 0 N–H and O–H groups in total. The summed E-state index contributed by atoms with van der Waals surface area (Å²) in [6, 6.07) is 4.38. The summed E-state index contributed by atoms with van der Waals surface area (Å²) >= 11 is 0. The minimum Gasteiger partial charge on any atom is -0.198 e. The molecule has 2 heteroatoms. The Labute approximate surface area is 93.9 Å². The van der Waals surface area contributed by atoms with Crippen LogP contribution in [-0.4, -0.2) is 0 Å². The summed E-state index contributed by atoms with van der Waals surface area (Å²) in [6.07, 6.45) is 9.57. The Morgan fingerprint density at radius 1 is 0.867 bits per heavy atom. The highest BCUT2D eigenvalue weighted by atomic mass is 14.2. The van der Waals surface area contributed by atoms with Gasteiger partial charge in [-0.1, -0.05) is 32.6 Å². The summed E-state index contributed by atoms with van der Waals surface area (Å²) < 4.78 is 0. The van der Waals surface area contributed by atoms with Crippen LogP contribution in [0.2, 0.25) is 0 Å². The minimum atomic E-state index is 0.692. The second kappa shape index (κ2) is 11.1. The first-order valence-corrected chi connectivity index (χ1v) is 6.09. The van der Waals surface area contributed by atoms with Crippen LogP contribution in [0.3, 0.4) is 0 Å². The van der Waals surface area contributed by atoms with Gasteiger partial charge >= 0.3 is 0 Å². The van der Waals surface area contributed by atoms with Crippen molar-refractivity contribution in [3.63, 3.8) is 0 Å². The molecule has 0 aliphatic carbocycles. The molecule has 0 heterocycles. The topological polar surface area (TPSA) is 47.6 Å². The molecule has 0 aliphatic rings. The van der Waals surface area contributed by atoms with Crippen molar-refractivity contribution in [3.05, 3.63) is 0 Å². The molecule has 2 nitrogen and oxygen atoms in total. The maximum atomic E-state index is 8.47. The third-order valence-electron chi connectivity index (χ3n) is 2.75. The predicted molar refractivity (Wildman–Crippen MR) is 61.9 cm³/mol. The van der Waals surface area contributed by atoms with Gasteiger partial charge in [0.2, 0.25) is 0 Å². The molecule has 0 radical (unpaired) electrons. The highest BCUT2D eigenvalue weighted by Gasteiger charge is 2.06. The van der Waals surface area contributed by atoms with Crippen molar-refractivity contribution in [3.8, 4) is 12.1 Å². The van der Waals surface area contributed by atoms with Crippen molar-refractivity contribution in [2.45, 2.75) is 64.7 Å². The molecule has 1 atom stereocenters. The summed E-state index contributed by atoms with van der Waals surface area (Å²) in [7, 11) is 0. The average molecular weight is 206 g/mol. The van der Waals surface area contributed by atoms with Gasteiger partial charge in [0, 0.05) is 12.8 Å².